The number of pyridine rings is 1. The lowest BCUT2D eigenvalue weighted by atomic mass is 9.95. The van der Waals surface area contributed by atoms with Crippen molar-refractivity contribution >= 4 is 22.6 Å². The second kappa shape index (κ2) is 10.6. The average Bonchev–Trinajstić information content (AvgIpc) is 2.83. The highest BCUT2D eigenvalue weighted by molar-refractivity contribution is 5.85. The van der Waals surface area contributed by atoms with Crippen molar-refractivity contribution in [1.82, 2.24) is 10.3 Å². The quantitative estimate of drug-likeness (QED) is 0.514. The number of fused-ring (bicyclic) bond motifs is 1. The number of hydrogen-bond acceptors (Lipinski definition) is 5. The first kappa shape index (κ1) is 22.9. The summed E-state index contributed by atoms with van der Waals surface area (Å²) in [4.78, 5) is 19.7. The molecule has 0 aliphatic carbocycles. The lowest BCUT2D eigenvalue weighted by molar-refractivity contribution is -0.125. The molecule has 0 atom stereocenters. The molecule has 2 N–H and O–H groups in total. The van der Waals surface area contributed by atoms with Gasteiger partial charge in [0, 0.05) is 36.5 Å². The molecule has 0 unspecified atom stereocenters. The van der Waals surface area contributed by atoms with Crippen molar-refractivity contribution in [3.05, 3.63) is 60.2 Å². The Kier molecular flexibility index (Phi) is 7.33. The largest absolute Gasteiger partial charge is 0.506 e. The van der Waals surface area contributed by atoms with Crippen LogP contribution in [0.25, 0.3) is 10.9 Å². The molecule has 1 amide bonds. The van der Waals surface area contributed by atoms with E-state index in [-0.39, 0.29) is 17.6 Å². The van der Waals surface area contributed by atoms with E-state index < -0.39 is 0 Å². The van der Waals surface area contributed by atoms with Crippen LogP contribution in [0.3, 0.4) is 0 Å². The third-order valence-corrected chi connectivity index (χ3v) is 6.25. The van der Waals surface area contributed by atoms with Gasteiger partial charge in [0.1, 0.15) is 22.8 Å². The van der Waals surface area contributed by atoms with Crippen LogP contribution in [0.15, 0.2) is 54.6 Å². The van der Waals surface area contributed by atoms with E-state index in [1.54, 1.807) is 6.07 Å². The molecule has 1 fully saturated rings. The Bertz CT molecular complexity index is 1090. The van der Waals surface area contributed by atoms with E-state index in [0.717, 1.165) is 54.9 Å². The normalized spacial score (nSPS) is 14.6. The van der Waals surface area contributed by atoms with Gasteiger partial charge in [0.25, 0.3) is 0 Å². The summed E-state index contributed by atoms with van der Waals surface area (Å²) in [5.74, 6) is 2.56. The maximum absolute atomic E-state index is 12.8. The number of carbonyl (C=O) groups is 1. The molecule has 1 aliphatic heterocycles. The van der Waals surface area contributed by atoms with Crippen LogP contribution in [0.5, 0.6) is 11.5 Å². The number of ether oxygens (including phenoxy) is 1. The number of amides is 1. The minimum absolute atomic E-state index is 0.0101. The van der Waals surface area contributed by atoms with Crippen LogP contribution in [-0.2, 0) is 11.3 Å². The Morgan fingerprint density at radius 3 is 2.70 bits per heavy atom. The second-order valence-electron chi connectivity index (χ2n) is 9.14. The number of piperidine rings is 1. The third-order valence-electron chi connectivity index (χ3n) is 6.25. The van der Waals surface area contributed by atoms with Gasteiger partial charge in [-0.1, -0.05) is 44.2 Å². The topological polar surface area (TPSA) is 74.7 Å². The summed E-state index contributed by atoms with van der Waals surface area (Å²) >= 11 is 0. The number of rotatable bonds is 8. The van der Waals surface area contributed by atoms with Crippen LogP contribution in [0.4, 0.5) is 5.82 Å². The van der Waals surface area contributed by atoms with Gasteiger partial charge in [-0.2, -0.15) is 0 Å². The van der Waals surface area contributed by atoms with Crippen molar-refractivity contribution in [2.75, 3.05) is 24.6 Å². The van der Waals surface area contributed by atoms with Crippen molar-refractivity contribution in [2.24, 2.45) is 11.8 Å². The summed E-state index contributed by atoms with van der Waals surface area (Å²) in [6, 6.07) is 17.3. The van der Waals surface area contributed by atoms with Crippen LogP contribution in [0.2, 0.25) is 0 Å². The van der Waals surface area contributed by atoms with Crippen LogP contribution < -0.4 is 15.0 Å². The zero-order valence-electron chi connectivity index (χ0n) is 19.5. The summed E-state index contributed by atoms with van der Waals surface area (Å²) < 4.78 is 5.94. The number of nitrogens with zero attached hydrogens (tertiary/aromatic N) is 2. The number of benzene rings is 2. The number of nitrogens with one attached hydrogen (secondary N) is 1. The molecule has 3 aromatic rings. The molecule has 6 nitrogen and oxygen atoms in total. The van der Waals surface area contributed by atoms with E-state index in [2.05, 4.69) is 29.0 Å². The summed E-state index contributed by atoms with van der Waals surface area (Å²) in [5, 5.41) is 14.1. The number of aromatic nitrogens is 1. The highest BCUT2D eigenvalue weighted by atomic mass is 16.5. The molecule has 33 heavy (non-hydrogen) atoms. The fraction of sp³-hybridized carbons (Fsp3) is 0.407. The fourth-order valence-corrected chi connectivity index (χ4v) is 4.19. The molecule has 0 bridgehead atoms. The monoisotopic (exact) mass is 447 g/mol. The van der Waals surface area contributed by atoms with Gasteiger partial charge >= 0.3 is 0 Å². The van der Waals surface area contributed by atoms with Gasteiger partial charge in [0.15, 0.2) is 0 Å². The summed E-state index contributed by atoms with van der Waals surface area (Å²) in [6.07, 6.45) is 2.56. The number of anilines is 1. The number of phenolic OH excluding ortho intramolecular Hbond substituents is 1. The number of carbonyl (C=O) groups excluding carboxylic acids is 1. The number of para-hydroxylation sites is 2. The van der Waals surface area contributed by atoms with Crippen molar-refractivity contribution in [2.45, 2.75) is 39.7 Å². The molecule has 2 heterocycles. The maximum Gasteiger partial charge on any atom is 0.223 e. The van der Waals surface area contributed by atoms with E-state index in [9.17, 15) is 9.90 Å². The van der Waals surface area contributed by atoms with E-state index in [1.165, 1.54) is 0 Å². The van der Waals surface area contributed by atoms with Crippen molar-refractivity contribution in [3.8, 4) is 11.5 Å². The number of aromatic hydroxyl groups is 1. The first-order valence-electron chi connectivity index (χ1n) is 11.8. The van der Waals surface area contributed by atoms with Crippen molar-refractivity contribution in [3.63, 3.8) is 0 Å². The minimum Gasteiger partial charge on any atom is -0.506 e. The first-order valence-corrected chi connectivity index (χ1v) is 11.8. The van der Waals surface area contributed by atoms with Crippen molar-refractivity contribution in [1.29, 1.82) is 0 Å². The van der Waals surface area contributed by atoms with E-state index >= 15 is 0 Å². The maximum atomic E-state index is 12.8. The van der Waals surface area contributed by atoms with Gasteiger partial charge in [-0.15, -0.1) is 0 Å². The first-order chi connectivity index (χ1) is 16.0. The highest BCUT2D eigenvalue weighted by Crippen LogP contribution is 2.28. The van der Waals surface area contributed by atoms with Crippen molar-refractivity contribution < 1.29 is 14.6 Å². The smallest absolute Gasteiger partial charge is 0.223 e. The van der Waals surface area contributed by atoms with Gasteiger partial charge in [-0.25, -0.2) is 4.98 Å². The Hall–Kier alpha value is -3.28. The van der Waals surface area contributed by atoms with E-state index in [0.29, 0.717) is 24.6 Å². The average molecular weight is 448 g/mol. The molecule has 6 heteroatoms. The van der Waals surface area contributed by atoms with Crippen LogP contribution in [0, 0.1) is 11.8 Å². The Morgan fingerprint density at radius 2 is 1.91 bits per heavy atom. The fourth-order valence-electron chi connectivity index (χ4n) is 4.19. The third kappa shape index (κ3) is 5.75. The molecule has 0 saturated carbocycles. The van der Waals surface area contributed by atoms with Gasteiger partial charge in [0.05, 0.1) is 6.61 Å². The predicted octanol–water partition coefficient (Wildman–Crippen LogP) is 4.90. The SMILES string of the molecule is CC(C)CCOc1ccccc1CNC(=O)C1CCN(c2ccc3cccc(O)c3n2)CC1. The Labute approximate surface area is 195 Å². The highest BCUT2D eigenvalue weighted by Gasteiger charge is 2.26. The Morgan fingerprint density at radius 1 is 1.12 bits per heavy atom. The van der Waals surface area contributed by atoms with Crippen LogP contribution in [-0.4, -0.2) is 35.7 Å². The lowest BCUT2D eigenvalue weighted by Crippen LogP contribution is -2.40. The Balaban J connectivity index is 1.30. The molecule has 174 valence electrons. The van der Waals surface area contributed by atoms with Crippen LogP contribution >= 0.6 is 0 Å². The standard InChI is InChI=1S/C27H33N3O3/c1-19(2)14-17-33-24-9-4-3-6-22(24)18-28-27(32)21-12-15-30(16-13-21)25-11-10-20-7-5-8-23(31)26(20)29-25/h3-11,19,21,31H,12-18H2,1-2H3,(H,28,32). The van der Waals surface area contributed by atoms with Gasteiger partial charge in [-0.3, -0.25) is 4.79 Å². The molecule has 0 radical (unpaired) electrons. The molecular formula is C27H33N3O3. The van der Waals surface area contributed by atoms with E-state index in [4.69, 9.17) is 4.74 Å². The number of phenols is 1. The molecule has 4 rings (SSSR count). The molecule has 2 aromatic carbocycles. The molecule has 0 spiro atoms. The summed E-state index contributed by atoms with van der Waals surface area (Å²) in [5.41, 5.74) is 1.62. The molecule has 1 aromatic heterocycles. The molecule has 1 saturated heterocycles. The minimum atomic E-state index is -0.0101. The molecule has 1 aliphatic rings. The summed E-state index contributed by atoms with van der Waals surface area (Å²) in [6.45, 7) is 7.05. The van der Waals surface area contributed by atoms with E-state index in [1.807, 2.05) is 48.5 Å². The number of hydrogen-bond donors (Lipinski definition) is 2. The summed E-state index contributed by atoms with van der Waals surface area (Å²) in [7, 11) is 0. The second-order valence-corrected chi connectivity index (χ2v) is 9.14. The van der Waals surface area contributed by atoms with Crippen LogP contribution in [0.1, 0.15) is 38.7 Å². The zero-order chi connectivity index (χ0) is 23.2. The van der Waals surface area contributed by atoms with Gasteiger partial charge in [-0.05, 0) is 49.4 Å². The van der Waals surface area contributed by atoms with Gasteiger partial charge in [0.2, 0.25) is 5.91 Å². The molecular weight excluding hydrogens is 414 g/mol. The van der Waals surface area contributed by atoms with Gasteiger partial charge < -0.3 is 20.1 Å². The lowest BCUT2D eigenvalue weighted by Gasteiger charge is -2.32. The predicted molar refractivity (Wildman–Crippen MR) is 132 cm³/mol. The zero-order valence-corrected chi connectivity index (χ0v) is 19.5.